The van der Waals surface area contributed by atoms with Crippen LogP contribution in [0, 0.1) is 16.0 Å². The number of thiophene rings is 1. The van der Waals surface area contributed by atoms with Crippen molar-refractivity contribution in [2.75, 3.05) is 19.6 Å². The average Bonchev–Trinajstić information content (AvgIpc) is 3.30. The van der Waals surface area contributed by atoms with Crippen molar-refractivity contribution >= 4 is 28.2 Å². The first kappa shape index (κ1) is 18.8. The largest absolute Gasteiger partial charge is 0.341 e. The summed E-state index contributed by atoms with van der Waals surface area (Å²) >= 11 is 0.858. The summed E-state index contributed by atoms with van der Waals surface area (Å²) in [4.78, 5) is 39.9. The number of piperidine rings is 1. The second-order valence-corrected chi connectivity index (χ2v) is 8.16. The summed E-state index contributed by atoms with van der Waals surface area (Å²) in [5, 5.41) is 10.8. The summed E-state index contributed by atoms with van der Waals surface area (Å²) in [5.74, 6) is -0.0230. The Balaban J connectivity index is 1.71. The van der Waals surface area contributed by atoms with E-state index in [-0.39, 0.29) is 22.9 Å². The van der Waals surface area contributed by atoms with Gasteiger partial charge in [0.2, 0.25) is 5.91 Å². The van der Waals surface area contributed by atoms with Gasteiger partial charge in [-0.25, -0.2) is 0 Å². The molecule has 3 heterocycles. The number of nitro groups is 1. The van der Waals surface area contributed by atoms with Crippen molar-refractivity contribution in [2.24, 2.45) is 11.7 Å². The molecule has 1 aromatic rings. The molecule has 0 aromatic carbocycles. The van der Waals surface area contributed by atoms with Gasteiger partial charge in [-0.2, -0.15) is 0 Å². The lowest BCUT2D eigenvalue weighted by Gasteiger charge is -2.37. The molecule has 26 heavy (non-hydrogen) atoms. The number of likely N-dealkylation sites (tertiary alicyclic amines) is 2. The Morgan fingerprint density at radius 1 is 1.31 bits per heavy atom. The normalized spacial score (nSPS) is 24.5. The van der Waals surface area contributed by atoms with Gasteiger partial charge in [0.1, 0.15) is 6.04 Å². The summed E-state index contributed by atoms with van der Waals surface area (Å²) in [6, 6.07) is 2.37. The van der Waals surface area contributed by atoms with E-state index in [0.717, 1.165) is 30.6 Å². The van der Waals surface area contributed by atoms with E-state index in [9.17, 15) is 19.7 Å². The van der Waals surface area contributed by atoms with Gasteiger partial charge in [0.25, 0.3) is 5.91 Å². The average molecular weight is 380 g/mol. The van der Waals surface area contributed by atoms with Gasteiger partial charge in [-0.1, -0.05) is 11.3 Å². The lowest BCUT2D eigenvalue weighted by atomic mass is 9.91. The maximum absolute atomic E-state index is 13.0. The molecule has 0 saturated carbocycles. The molecule has 2 N–H and O–H groups in total. The molecule has 2 saturated heterocycles. The number of rotatable bonds is 4. The molecule has 2 fully saturated rings. The van der Waals surface area contributed by atoms with Crippen molar-refractivity contribution < 1.29 is 14.5 Å². The molecule has 2 aliphatic rings. The fraction of sp³-hybridized carbons (Fsp3) is 0.647. The zero-order valence-corrected chi connectivity index (χ0v) is 15.6. The van der Waals surface area contributed by atoms with Crippen molar-refractivity contribution in [1.29, 1.82) is 0 Å². The van der Waals surface area contributed by atoms with Crippen LogP contribution in [0.4, 0.5) is 5.00 Å². The lowest BCUT2D eigenvalue weighted by molar-refractivity contribution is -0.380. The van der Waals surface area contributed by atoms with Crippen LogP contribution in [0.2, 0.25) is 0 Å². The molecule has 3 unspecified atom stereocenters. The summed E-state index contributed by atoms with van der Waals surface area (Å²) in [5.41, 5.74) is 6.01. The highest BCUT2D eigenvalue weighted by atomic mass is 32.1. The topological polar surface area (TPSA) is 110 Å². The summed E-state index contributed by atoms with van der Waals surface area (Å²) in [6.07, 6.45) is 3.35. The van der Waals surface area contributed by atoms with Crippen molar-refractivity contribution in [2.45, 2.75) is 44.7 Å². The molecule has 9 heteroatoms. The summed E-state index contributed by atoms with van der Waals surface area (Å²) < 4.78 is 0. The zero-order chi connectivity index (χ0) is 18.8. The van der Waals surface area contributed by atoms with Gasteiger partial charge >= 0.3 is 5.00 Å². The Morgan fingerprint density at radius 3 is 2.69 bits per heavy atom. The molecule has 3 rings (SSSR count). The molecule has 0 aliphatic carbocycles. The van der Waals surface area contributed by atoms with Gasteiger partial charge < -0.3 is 15.5 Å². The van der Waals surface area contributed by atoms with Gasteiger partial charge in [-0.05, 0) is 44.6 Å². The Labute approximate surface area is 156 Å². The van der Waals surface area contributed by atoms with E-state index in [1.54, 1.807) is 4.90 Å². The van der Waals surface area contributed by atoms with Crippen molar-refractivity contribution in [3.05, 3.63) is 27.1 Å². The number of carbonyl (C=O) groups excluding carboxylic acids is 2. The first-order chi connectivity index (χ1) is 12.4. The van der Waals surface area contributed by atoms with Gasteiger partial charge in [0.05, 0.1) is 9.80 Å². The molecule has 2 amide bonds. The molecular formula is C17H24N4O4S. The van der Waals surface area contributed by atoms with Gasteiger partial charge in [0.15, 0.2) is 0 Å². The highest BCUT2D eigenvalue weighted by molar-refractivity contribution is 7.17. The Bertz CT molecular complexity index is 705. The standard InChI is InChI=1S/C17H24N4O4S/c1-11(18)12-4-2-8-19(10-12)16(22)13-5-3-9-20(13)17(23)14-6-7-15(26-14)21(24)25/h6-7,11-13H,2-5,8-10,18H2,1H3. The highest BCUT2D eigenvalue weighted by Crippen LogP contribution is 2.29. The van der Waals surface area contributed by atoms with E-state index in [1.807, 2.05) is 11.8 Å². The first-order valence-electron chi connectivity index (χ1n) is 8.98. The van der Waals surface area contributed by atoms with Crippen LogP contribution in [0.1, 0.15) is 42.3 Å². The van der Waals surface area contributed by atoms with E-state index in [4.69, 9.17) is 5.73 Å². The number of hydrogen-bond acceptors (Lipinski definition) is 6. The molecule has 8 nitrogen and oxygen atoms in total. The van der Waals surface area contributed by atoms with Crippen LogP contribution in [0.3, 0.4) is 0 Å². The second kappa shape index (κ2) is 7.71. The molecule has 142 valence electrons. The maximum atomic E-state index is 13.0. The highest BCUT2D eigenvalue weighted by Gasteiger charge is 2.39. The second-order valence-electron chi connectivity index (χ2n) is 7.10. The van der Waals surface area contributed by atoms with Crippen LogP contribution >= 0.6 is 11.3 Å². The van der Waals surface area contributed by atoms with Crippen LogP contribution < -0.4 is 5.73 Å². The van der Waals surface area contributed by atoms with E-state index >= 15 is 0 Å². The van der Waals surface area contributed by atoms with Crippen molar-refractivity contribution in [3.8, 4) is 0 Å². The van der Waals surface area contributed by atoms with Gasteiger partial charge in [-0.3, -0.25) is 19.7 Å². The third-order valence-electron chi connectivity index (χ3n) is 5.29. The van der Waals surface area contributed by atoms with Gasteiger partial charge in [-0.15, -0.1) is 0 Å². The number of amides is 2. The van der Waals surface area contributed by atoms with E-state index in [0.29, 0.717) is 36.9 Å². The third-order valence-corrected chi connectivity index (χ3v) is 6.32. The van der Waals surface area contributed by atoms with Crippen LogP contribution in [0.5, 0.6) is 0 Å². The minimum Gasteiger partial charge on any atom is -0.341 e. The van der Waals surface area contributed by atoms with Gasteiger partial charge in [0, 0.05) is 31.7 Å². The molecule has 2 aliphatic heterocycles. The molecule has 0 bridgehead atoms. The summed E-state index contributed by atoms with van der Waals surface area (Å²) in [7, 11) is 0. The van der Waals surface area contributed by atoms with E-state index in [1.165, 1.54) is 12.1 Å². The molecule has 3 atom stereocenters. The predicted molar refractivity (Wildman–Crippen MR) is 98.0 cm³/mol. The minimum atomic E-state index is -0.504. The Hall–Kier alpha value is -2.00. The molecule has 0 radical (unpaired) electrons. The first-order valence-corrected chi connectivity index (χ1v) is 9.79. The number of nitrogens with two attached hydrogens (primary N) is 1. The maximum Gasteiger partial charge on any atom is 0.324 e. The van der Waals surface area contributed by atoms with Crippen LogP contribution in [0.25, 0.3) is 0 Å². The Morgan fingerprint density at radius 2 is 2.04 bits per heavy atom. The summed E-state index contributed by atoms with van der Waals surface area (Å²) in [6.45, 7) is 3.81. The minimum absolute atomic E-state index is 0.0211. The van der Waals surface area contributed by atoms with Crippen LogP contribution in [0.15, 0.2) is 12.1 Å². The molecular weight excluding hydrogens is 356 g/mol. The monoisotopic (exact) mass is 380 g/mol. The molecule has 1 aromatic heterocycles. The van der Waals surface area contributed by atoms with Crippen LogP contribution in [-0.4, -0.2) is 58.3 Å². The van der Waals surface area contributed by atoms with Crippen LogP contribution in [-0.2, 0) is 4.79 Å². The van der Waals surface area contributed by atoms with Crippen molar-refractivity contribution in [1.82, 2.24) is 9.80 Å². The smallest absolute Gasteiger partial charge is 0.324 e. The quantitative estimate of drug-likeness (QED) is 0.633. The predicted octanol–water partition coefficient (Wildman–Crippen LogP) is 1.85. The lowest BCUT2D eigenvalue weighted by Crippen LogP contribution is -2.52. The number of hydrogen-bond donors (Lipinski definition) is 1. The molecule has 0 spiro atoms. The SMILES string of the molecule is CC(N)C1CCCN(C(=O)C2CCCN2C(=O)c2ccc([N+](=O)[O-])s2)C1. The van der Waals surface area contributed by atoms with E-state index < -0.39 is 11.0 Å². The Kier molecular flexibility index (Phi) is 5.57. The van der Waals surface area contributed by atoms with Crippen molar-refractivity contribution in [3.63, 3.8) is 0 Å². The van der Waals surface area contributed by atoms with E-state index in [2.05, 4.69) is 0 Å². The zero-order valence-electron chi connectivity index (χ0n) is 14.8. The third kappa shape index (κ3) is 3.73. The number of carbonyl (C=O) groups is 2. The number of nitrogens with zero attached hydrogens (tertiary/aromatic N) is 3. The fourth-order valence-electron chi connectivity index (χ4n) is 3.80. The fourth-order valence-corrected chi connectivity index (χ4v) is 4.58.